The number of nitrogen functional groups attached to an aromatic ring is 1. The fourth-order valence-corrected chi connectivity index (χ4v) is 1.61. The third-order valence-electron chi connectivity index (χ3n) is 2.67. The van der Waals surface area contributed by atoms with Gasteiger partial charge in [-0.25, -0.2) is 0 Å². The van der Waals surface area contributed by atoms with Crippen molar-refractivity contribution in [3.8, 4) is 5.75 Å². The molecule has 0 unspecified atom stereocenters. The molecule has 0 aliphatic heterocycles. The van der Waals surface area contributed by atoms with Gasteiger partial charge in [0.05, 0.1) is 25.3 Å². The van der Waals surface area contributed by atoms with Crippen LogP contribution in [0.4, 0.5) is 5.69 Å². The fraction of sp³-hybridized carbons (Fsp3) is 0.429. The van der Waals surface area contributed by atoms with Crippen molar-refractivity contribution in [2.45, 2.75) is 13.3 Å². The lowest BCUT2D eigenvalue weighted by molar-refractivity contribution is -0.135. The highest BCUT2D eigenvalue weighted by atomic mass is 16.5. The molecule has 1 rings (SSSR count). The first-order valence-corrected chi connectivity index (χ1v) is 6.52. The largest absolute Gasteiger partial charge is 0.491 e. The third-order valence-corrected chi connectivity index (χ3v) is 2.67. The van der Waals surface area contributed by atoms with Gasteiger partial charge in [-0.1, -0.05) is 12.1 Å². The van der Waals surface area contributed by atoms with Crippen LogP contribution in [0, 0.1) is 0 Å². The summed E-state index contributed by atoms with van der Waals surface area (Å²) < 4.78 is 5.44. The Balaban J connectivity index is 2.32. The summed E-state index contributed by atoms with van der Waals surface area (Å²) in [5, 5.41) is 2.64. The Morgan fingerprint density at radius 2 is 2.05 bits per heavy atom. The maximum atomic E-state index is 11.8. The molecule has 1 aromatic rings. The standard InChI is InChI=1S/C14H21N3O3/c1-3-16-13(18)10-17(2)14(19)8-9-20-12-7-5-4-6-11(12)15/h4-7H,3,8-10,15H2,1-2H3,(H,16,18). The van der Waals surface area contributed by atoms with Crippen LogP contribution in [0.1, 0.15) is 13.3 Å². The minimum atomic E-state index is -0.170. The number of hydrogen-bond donors (Lipinski definition) is 2. The number of ether oxygens (including phenoxy) is 1. The Morgan fingerprint density at radius 3 is 2.70 bits per heavy atom. The summed E-state index contributed by atoms with van der Waals surface area (Å²) in [6.07, 6.45) is 0.199. The van der Waals surface area contributed by atoms with E-state index >= 15 is 0 Å². The first-order valence-electron chi connectivity index (χ1n) is 6.52. The molecule has 0 spiro atoms. The molecule has 0 atom stereocenters. The summed E-state index contributed by atoms with van der Waals surface area (Å²) >= 11 is 0. The van der Waals surface area contributed by atoms with Crippen molar-refractivity contribution in [3.63, 3.8) is 0 Å². The third kappa shape index (κ3) is 5.17. The van der Waals surface area contributed by atoms with E-state index in [-0.39, 0.29) is 31.4 Å². The highest BCUT2D eigenvalue weighted by Gasteiger charge is 2.12. The number of anilines is 1. The molecular formula is C14H21N3O3. The van der Waals surface area contributed by atoms with Gasteiger partial charge in [0.1, 0.15) is 5.75 Å². The van der Waals surface area contributed by atoms with Gasteiger partial charge in [0.25, 0.3) is 0 Å². The van der Waals surface area contributed by atoms with E-state index in [1.165, 1.54) is 4.90 Å². The van der Waals surface area contributed by atoms with E-state index in [1.54, 1.807) is 19.2 Å². The fourth-order valence-electron chi connectivity index (χ4n) is 1.61. The minimum absolute atomic E-state index is 0.0557. The van der Waals surface area contributed by atoms with Crippen molar-refractivity contribution < 1.29 is 14.3 Å². The quantitative estimate of drug-likeness (QED) is 0.717. The van der Waals surface area contributed by atoms with Crippen molar-refractivity contribution in [2.24, 2.45) is 0 Å². The predicted octanol–water partition coefficient (Wildman–Crippen LogP) is 0.632. The summed E-state index contributed by atoms with van der Waals surface area (Å²) in [6.45, 7) is 2.67. The summed E-state index contributed by atoms with van der Waals surface area (Å²) in [4.78, 5) is 24.5. The van der Waals surface area contributed by atoms with E-state index in [1.807, 2.05) is 19.1 Å². The molecule has 6 nitrogen and oxygen atoms in total. The summed E-state index contributed by atoms with van der Waals surface area (Å²) in [6, 6.07) is 7.11. The topological polar surface area (TPSA) is 84.7 Å². The van der Waals surface area contributed by atoms with Gasteiger partial charge >= 0.3 is 0 Å². The lowest BCUT2D eigenvalue weighted by Gasteiger charge is -2.16. The second kappa shape index (κ2) is 8.04. The Kier molecular flexibility index (Phi) is 6.36. The normalized spacial score (nSPS) is 9.90. The average molecular weight is 279 g/mol. The minimum Gasteiger partial charge on any atom is -0.491 e. The summed E-state index contributed by atoms with van der Waals surface area (Å²) in [5.74, 6) is 0.244. The number of hydrogen-bond acceptors (Lipinski definition) is 4. The van der Waals surface area contributed by atoms with E-state index in [9.17, 15) is 9.59 Å². The zero-order valence-corrected chi connectivity index (χ0v) is 11.9. The van der Waals surface area contributed by atoms with E-state index < -0.39 is 0 Å². The van der Waals surface area contributed by atoms with E-state index in [4.69, 9.17) is 10.5 Å². The first kappa shape index (κ1) is 15.8. The summed E-state index contributed by atoms with van der Waals surface area (Å²) in [7, 11) is 1.59. The molecular weight excluding hydrogens is 258 g/mol. The molecule has 20 heavy (non-hydrogen) atoms. The Morgan fingerprint density at radius 1 is 1.35 bits per heavy atom. The Hall–Kier alpha value is -2.24. The van der Waals surface area contributed by atoms with Crippen molar-refractivity contribution in [3.05, 3.63) is 24.3 Å². The van der Waals surface area contributed by atoms with Crippen molar-refractivity contribution >= 4 is 17.5 Å². The maximum Gasteiger partial charge on any atom is 0.239 e. The molecule has 0 bridgehead atoms. The SMILES string of the molecule is CCNC(=O)CN(C)C(=O)CCOc1ccccc1N. The smallest absolute Gasteiger partial charge is 0.239 e. The molecule has 0 radical (unpaired) electrons. The molecule has 0 aromatic heterocycles. The molecule has 0 aliphatic carbocycles. The number of carbonyl (C=O) groups is 2. The van der Waals surface area contributed by atoms with Crippen LogP contribution in [0.15, 0.2) is 24.3 Å². The number of nitrogens with two attached hydrogens (primary N) is 1. The van der Waals surface area contributed by atoms with Gasteiger partial charge in [0.2, 0.25) is 11.8 Å². The van der Waals surface area contributed by atoms with Crippen LogP contribution in [-0.4, -0.2) is 43.5 Å². The molecule has 6 heteroatoms. The van der Waals surface area contributed by atoms with Gasteiger partial charge in [-0.15, -0.1) is 0 Å². The number of rotatable bonds is 7. The van der Waals surface area contributed by atoms with E-state index in [0.717, 1.165) is 0 Å². The number of nitrogens with zero attached hydrogens (tertiary/aromatic N) is 1. The highest BCUT2D eigenvalue weighted by molar-refractivity contribution is 5.84. The van der Waals surface area contributed by atoms with Gasteiger partial charge < -0.3 is 20.7 Å². The molecule has 0 fully saturated rings. The molecule has 3 N–H and O–H groups in total. The van der Waals surface area contributed by atoms with Gasteiger partial charge in [0.15, 0.2) is 0 Å². The number of amides is 2. The number of nitrogens with one attached hydrogen (secondary N) is 1. The van der Waals surface area contributed by atoms with Crippen LogP contribution >= 0.6 is 0 Å². The predicted molar refractivity (Wildman–Crippen MR) is 77.3 cm³/mol. The molecule has 0 aliphatic rings. The van der Waals surface area contributed by atoms with Crippen molar-refractivity contribution in [2.75, 3.05) is 32.5 Å². The average Bonchev–Trinajstić information content (AvgIpc) is 2.41. The monoisotopic (exact) mass is 279 g/mol. The van der Waals surface area contributed by atoms with Crippen LogP contribution in [-0.2, 0) is 9.59 Å². The zero-order chi connectivity index (χ0) is 15.0. The molecule has 0 saturated heterocycles. The first-order chi connectivity index (χ1) is 9.54. The van der Waals surface area contributed by atoms with Crippen LogP contribution in [0.5, 0.6) is 5.75 Å². The molecule has 0 saturated carbocycles. The Bertz CT molecular complexity index is 463. The van der Waals surface area contributed by atoms with E-state index in [2.05, 4.69) is 5.32 Å². The number of para-hydroxylation sites is 2. The van der Waals surface area contributed by atoms with Crippen LogP contribution in [0.2, 0.25) is 0 Å². The molecule has 110 valence electrons. The maximum absolute atomic E-state index is 11.8. The highest BCUT2D eigenvalue weighted by Crippen LogP contribution is 2.19. The molecule has 2 amide bonds. The Labute approximate surface area is 118 Å². The number of likely N-dealkylation sites (N-methyl/N-ethyl adjacent to an activating group) is 2. The van der Waals surface area contributed by atoms with Gasteiger partial charge in [-0.05, 0) is 19.1 Å². The van der Waals surface area contributed by atoms with Crippen LogP contribution in [0.3, 0.4) is 0 Å². The van der Waals surface area contributed by atoms with Crippen molar-refractivity contribution in [1.29, 1.82) is 0 Å². The zero-order valence-electron chi connectivity index (χ0n) is 11.9. The number of benzene rings is 1. The number of carbonyl (C=O) groups excluding carboxylic acids is 2. The second-order valence-corrected chi connectivity index (χ2v) is 4.34. The van der Waals surface area contributed by atoms with Gasteiger partial charge in [-0.3, -0.25) is 9.59 Å². The second-order valence-electron chi connectivity index (χ2n) is 4.34. The summed E-state index contributed by atoms with van der Waals surface area (Å²) in [5.41, 5.74) is 6.26. The van der Waals surface area contributed by atoms with Crippen LogP contribution < -0.4 is 15.8 Å². The van der Waals surface area contributed by atoms with Crippen LogP contribution in [0.25, 0.3) is 0 Å². The van der Waals surface area contributed by atoms with E-state index in [0.29, 0.717) is 18.0 Å². The van der Waals surface area contributed by atoms with Gasteiger partial charge in [-0.2, -0.15) is 0 Å². The molecule has 0 heterocycles. The lowest BCUT2D eigenvalue weighted by Crippen LogP contribution is -2.38. The molecule has 1 aromatic carbocycles. The lowest BCUT2D eigenvalue weighted by atomic mass is 10.3. The van der Waals surface area contributed by atoms with Gasteiger partial charge in [0, 0.05) is 13.6 Å². The van der Waals surface area contributed by atoms with Crippen molar-refractivity contribution in [1.82, 2.24) is 10.2 Å².